The number of hydrogen-bond donors (Lipinski definition) is 1. The minimum atomic E-state index is 0.167. The number of hydrogen-bond acceptors (Lipinski definition) is 5. The van der Waals surface area contributed by atoms with Gasteiger partial charge < -0.3 is 10.2 Å². The Bertz CT molecular complexity index is 570. The molecule has 0 bridgehead atoms. The number of carbonyl (C=O) groups is 1. The fraction of sp³-hybridized carbons (Fsp3) is 0.842. The molecule has 1 saturated carbocycles. The Labute approximate surface area is 155 Å². The van der Waals surface area contributed by atoms with Crippen molar-refractivity contribution in [2.75, 3.05) is 20.1 Å². The summed E-state index contributed by atoms with van der Waals surface area (Å²) in [6.45, 7) is 4.24. The first kappa shape index (κ1) is 17.4. The zero-order valence-corrected chi connectivity index (χ0v) is 16.2. The van der Waals surface area contributed by atoms with Crippen LogP contribution in [0.5, 0.6) is 0 Å². The van der Waals surface area contributed by atoms with Crippen LogP contribution in [0.4, 0.5) is 0 Å². The molecule has 0 aromatic rings. The number of thioether (sulfide) groups is 1. The van der Waals surface area contributed by atoms with Gasteiger partial charge in [-0.15, -0.1) is 11.8 Å². The average molecular weight is 363 g/mol. The molecule has 5 unspecified atom stereocenters. The van der Waals surface area contributed by atoms with Gasteiger partial charge in [-0.3, -0.25) is 9.79 Å². The van der Waals surface area contributed by atoms with E-state index in [9.17, 15) is 4.79 Å². The highest BCUT2D eigenvalue weighted by Gasteiger charge is 2.50. The molecule has 4 rings (SSSR count). The maximum Gasteiger partial charge on any atom is 0.222 e. The lowest BCUT2D eigenvalue weighted by molar-refractivity contribution is -0.125. The number of amidine groups is 1. The third kappa shape index (κ3) is 3.22. The van der Waals surface area contributed by atoms with E-state index in [0.29, 0.717) is 11.3 Å². The lowest BCUT2D eigenvalue weighted by Gasteiger charge is -2.40. The Hall–Kier alpha value is -1.04. The number of nitrogens with one attached hydrogen (secondary N) is 1. The molecule has 2 saturated heterocycles. The van der Waals surface area contributed by atoms with Gasteiger partial charge in [0.1, 0.15) is 17.5 Å². The Morgan fingerprint density at radius 3 is 2.84 bits per heavy atom. The average Bonchev–Trinajstić information content (AvgIpc) is 3.05. The Morgan fingerprint density at radius 2 is 2.12 bits per heavy atom. The van der Waals surface area contributed by atoms with Gasteiger partial charge in [-0.2, -0.15) is 0 Å². The standard InChI is InChI=1S/C19H30N4OS/c1-3-12-4-5-14-15(10-12)25-19-16(14)17(21-11-22-19)23-8-6-13(7-9-23)18(24)20-2/h11-16,19H,3-10H2,1-2H3,(H,20,24). The quantitative estimate of drug-likeness (QED) is 0.822. The van der Waals surface area contributed by atoms with Gasteiger partial charge in [0, 0.05) is 31.3 Å². The van der Waals surface area contributed by atoms with E-state index < -0.39 is 0 Å². The lowest BCUT2D eigenvalue weighted by Crippen LogP contribution is -2.48. The fourth-order valence-electron chi connectivity index (χ4n) is 5.21. The molecule has 1 aliphatic carbocycles. The van der Waals surface area contributed by atoms with Crippen molar-refractivity contribution < 1.29 is 4.79 Å². The smallest absolute Gasteiger partial charge is 0.222 e. The number of piperidine rings is 1. The largest absolute Gasteiger partial charge is 0.360 e. The molecule has 3 fully saturated rings. The molecule has 3 heterocycles. The molecule has 3 aliphatic heterocycles. The first-order valence-electron chi connectivity index (χ1n) is 9.92. The summed E-state index contributed by atoms with van der Waals surface area (Å²) >= 11 is 2.10. The van der Waals surface area contributed by atoms with Gasteiger partial charge in [-0.25, -0.2) is 4.99 Å². The van der Waals surface area contributed by atoms with Crippen LogP contribution in [-0.4, -0.2) is 53.7 Å². The number of likely N-dealkylation sites (tertiary alicyclic amines) is 1. The van der Waals surface area contributed by atoms with Crippen molar-refractivity contribution in [2.45, 2.75) is 56.1 Å². The van der Waals surface area contributed by atoms with Gasteiger partial charge in [0.05, 0.1) is 5.92 Å². The van der Waals surface area contributed by atoms with E-state index in [1.165, 1.54) is 31.5 Å². The minimum Gasteiger partial charge on any atom is -0.360 e. The van der Waals surface area contributed by atoms with Crippen molar-refractivity contribution in [2.24, 2.45) is 33.7 Å². The molecule has 5 atom stereocenters. The van der Waals surface area contributed by atoms with Crippen LogP contribution in [-0.2, 0) is 4.79 Å². The maximum absolute atomic E-state index is 11.9. The summed E-state index contributed by atoms with van der Waals surface area (Å²) in [6.07, 6.45) is 9.05. The predicted molar refractivity (Wildman–Crippen MR) is 104 cm³/mol. The second-order valence-corrected chi connectivity index (χ2v) is 9.33. The monoisotopic (exact) mass is 362 g/mol. The molecule has 0 aromatic heterocycles. The molecular weight excluding hydrogens is 332 g/mol. The highest BCUT2D eigenvalue weighted by atomic mass is 32.2. The topological polar surface area (TPSA) is 57.1 Å². The van der Waals surface area contributed by atoms with E-state index in [-0.39, 0.29) is 11.8 Å². The lowest BCUT2D eigenvalue weighted by atomic mass is 9.74. The number of amides is 1. The van der Waals surface area contributed by atoms with Crippen molar-refractivity contribution in [1.29, 1.82) is 0 Å². The van der Waals surface area contributed by atoms with Gasteiger partial charge in [0.25, 0.3) is 0 Å². The number of aliphatic imine (C=N–C) groups is 2. The fourth-order valence-corrected chi connectivity index (χ4v) is 7.07. The molecule has 5 nitrogen and oxygen atoms in total. The third-order valence-corrected chi connectivity index (χ3v) is 8.33. The zero-order valence-electron chi connectivity index (χ0n) is 15.4. The van der Waals surface area contributed by atoms with Gasteiger partial charge in [-0.05, 0) is 37.5 Å². The minimum absolute atomic E-state index is 0.167. The number of nitrogens with zero attached hydrogens (tertiary/aromatic N) is 3. The van der Waals surface area contributed by atoms with E-state index in [1.54, 1.807) is 13.4 Å². The molecular formula is C19H30N4OS. The summed E-state index contributed by atoms with van der Waals surface area (Å²) in [5.74, 6) is 3.77. The van der Waals surface area contributed by atoms with E-state index in [1.807, 2.05) is 0 Å². The van der Waals surface area contributed by atoms with Crippen LogP contribution < -0.4 is 5.32 Å². The van der Waals surface area contributed by atoms with E-state index >= 15 is 0 Å². The zero-order chi connectivity index (χ0) is 17.4. The first-order chi connectivity index (χ1) is 12.2. The molecule has 4 aliphatic rings. The highest BCUT2D eigenvalue weighted by molar-refractivity contribution is 8.00. The summed E-state index contributed by atoms with van der Waals surface area (Å²) in [5, 5.41) is 3.93. The van der Waals surface area contributed by atoms with E-state index in [4.69, 9.17) is 9.98 Å². The maximum atomic E-state index is 11.9. The van der Waals surface area contributed by atoms with Crippen LogP contribution in [0.3, 0.4) is 0 Å². The van der Waals surface area contributed by atoms with Crippen LogP contribution in [0.1, 0.15) is 45.4 Å². The van der Waals surface area contributed by atoms with E-state index in [0.717, 1.165) is 43.0 Å². The number of rotatable bonds is 2. The Morgan fingerprint density at radius 1 is 1.32 bits per heavy atom. The second-order valence-electron chi connectivity index (χ2n) is 7.97. The summed E-state index contributed by atoms with van der Waals surface area (Å²) in [6, 6.07) is 0. The highest BCUT2D eigenvalue weighted by Crippen LogP contribution is 2.53. The number of carbonyl (C=O) groups excluding carboxylic acids is 1. The summed E-state index contributed by atoms with van der Waals surface area (Å²) in [5.41, 5.74) is 0. The molecule has 0 radical (unpaired) electrons. The van der Waals surface area contributed by atoms with E-state index in [2.05, 4.69) is 28.9 Å². The van der Waals surface area contributed by atoms with Crippen molar-refractivity contribution in [3.63, 3.8) is 0 Å². The van der Waals surface area contributed by atoms with Crippen molar-refractivity contribution in [3.05, 3.63) is 0 Å². The summed E-state index contributed by atoms with van der Waals surface area (Å²) in [7, 11) is 1.74. The van der Waals surface area contributed by atoms with Crippen LogP contribution in [0.15, 0.2) is 9.98 Å². The summed E-state index contributed by atoms with van der Waals surface area (Å²) in [4.78, 5) is 23.8. The third-order valence-electron chi connectivity index (χ3n) is 6.75. The van der Waals surface area contributed by atoms with Crippen LogP contribution in [0.25, 0.3) is 0 Å². The van der Waals surface area contributed by atoms with Gasteiger partial charge in [-0.1, -0.05) is 19.8 Å². The molecule has 0 aromatic carbocycles. The Kier molecular flexibility index (Phi) is 5.07. The van der Waals surface area contributed by atoms with Crippen LogP contribution >= 0.6 is 11.8 Å². The SMILES string of the molecule is CCC1CCC2C(C1)SC1N=CN=C(N3CCC(C(=O)NC)CC3)C12. The molecule has 6 heteroatoms. The molecule has 0 spiro atoms. The van der Waals surface area contributed by atoms with Gasteiger partial charge >= 0.3 is 0 Å². The van der Waals surface area contributed by atoms with Crippen LogP contribution in [0.2, 0.25) is 0 Å². The second kappa shape index (κ2) is 7.29. The molecule has 138 valence electrons. The number of fused-ring (bicyclic) bond motifs is 3. The molecule has 1 N–H and O–H groups in total. The molecule has 25 heavy (non-hydrogen) atoms. The predicted octanol–water partition coefficient (Wildman–Crippen LogP) is 2.77. The normalized spacial score (nSPS) is 38.1. The first-order valence-corrected chi connectivity index (χ1v) is 10.9. The Balaban J connectivity index is 1.45. The van der Waals surface area contributed by atoms with Gasteiger partial charge in [0.15, 0.2) is 0 Å². The van der Waals surface area contributed by atoms with Crippen molar-refractivity contribution in [3.8, 4) is 0 Å². The molecule has 1 amide bonds. The van der Waals surface area contributed by atoms with Gasteiger partial charge in [0.2, 0.25) is 5.91 Å². The van der Waals surface area contributed by atoms with Crippen molar-refractivity contribution >= 4 is 29.8 Å². The summed E-state index contributed by atoms with van der Waals surface area (Å²) < 4.78 is 0. The van der Waals surface area contributed by atoms with Crippen molar-refractivity contribution in [1.82, 2.24) is 10.2 Å². The van der Waals surface area contributed by atoms with Crippen LogP contribution in [0, 0.1) is 23.7 Å².